The highest BCUT2D eigenvalue weighted by Gasteiger charge is 2.34. The van der Waals surface area contributed by atoms with E-state index in [0.717, 1.165) is 23.2 Å². The fraction of sp³-hybridized carbons (Fsp3) is 0.200. The van der Waals surface area contributed by atoms with Crippen molar-refractivity contribution in [1.29, 1.82) is 0 Å². The Labute approximate surface area is 181 Å². The molecule has 1 fully saturated rings. The van der Waals surface area contributed by atoms with Crippen LogP contribution < -0.4 is 5.32 Å². The third-order valence-corrected chi connectivity index (χ3v) is 5.79. The minimum Gasteiger partial charge on any atom is -0.337 e. The molecule has 0 aliphatic carbocycles. The molecule has 3 aromatic carbocycles. The molecule has 1 aliphatic heterocycles. The minimum atomic E-state index is -0.371. The van der Waals surface area contributed by atoms with Gasteiger partial charge in [-0.1, -0.05) is 78.3 Å². The Hall–Kier alpha value is -3.11. The number of carbonyl (C=O) groups is 2. The highest BCUT2D eigenvalue weighted by atomic mass is 35.5. The van der Waals surface area contributed by atoms with E-state index in [-0.39, 0.29) is 24.2 Å². The number of carbonyl (C=O) groups excluding carboxylic acids is 2. The maximum atomic E-state index is 12.9. The summed E-state index contributed by atoms with van der Waals surface area (Å²) in [5.41, 5.74) is 3.92. The maximum absolute atomic E-state index is 12.9. The van der Waals surface area contributed by atoms with Gasteiger partial charge >= 0.3 is 0 Å². The van der Waals surface area contributed by atoms with E-state index in [1.54, 1.807) is 4.90 Å². The molecular formula is C25H23ClN2O2. The van der Waals surface area contributed by atoms with E-state index < -0.39 is 0 Å². The lowest BCUT2D eigenvalue weighted by Gasteiger charge is -2.18. The number of nitrogens with one attached hydrogen (secondary N) is 1. The van der Waals surface area contributed by atoms with Crippen LogP contribution in [0, 0.1) is 5.92 Å². The highest BCUT2D eigenvalue weighted by molar-refractivity contribution is 6.31. The molecule has 1 N–H and O–H groups in total. The number of benzene rings is 3. The number of nitrogens with zero attached hydrogens (tertiary/aromatic N) is 1. The van der Waals surface area contributed by atoms with E-state index in [9.17, 15) is 9.59 Å². The number of rotatable bonds is 6. The van der Waals surface area contributed by atoms with Crippen molar-refractivity contribution in [2.45, 2.75) is 19.4 Å². The Balaban J connectivity index is 1.42. The number of hydrogen-bond donors (Lipinski definition) is 1. The first kappa shape index (κ1) is 20.2. The van der Waals surface area contributed by atoms with Gasteiger partial charge in [0.15, 0.2) is 0 Å². The summed E-state index contributed by atoms with van der Waals surface area (Å²) in [5, 5.41) is 3.68. The molecule has 0 bridgehead atoms. The smallest absolute Gasteiger partial charge is 0.229 e. The average Bonchev–Trinajstić information content (AvgIpc) is 3.12. The zero-order chi connectivity index (χ0) is 20.9. The lowest BCUT2D eigenvalue weighted by atomic mass is 10.0. The molecule has 0 radical (unpaired) electrons. The summed E-state index contributed by atoms with van der Waals surface area (Å²) in [6.45, 7) is 0.823. The van der Waals surface area contributed by atoms with Gasteiger partial charge in [0.25, 0.3) is 0 Å². The molecule has 0 aromatic heterocycles. The van der Waals surface area contributed by atoms with Crippen LogP contribution in [0.15, 0.2) is 78.9 Å². The highest BCUT2D eigenvalue weighted by Crippen LogP contribution is 2.26. The summed E-state index contributed by atoms with van der Waals surface area (Å²) < 4.78 is 0. The summed E-state index contributed by atoms with van der Waals surface area (Å²) in [5.74, 6) is -0.511. The number of para-hydroxylation sites is 1. The van der Waals surface area contributed by atoms with E-state index in [1.165, 1.54) is 5.56 Å². The van der Waals surface area contributed by atoms with Crippen molar-refractivity contribution >= 4 is 29.1 Å². The first-order valence-corrected chi connectivity index (χ1v) is 10.4. The van der Waals surface area contributed by atoms with E-state index in [2.05, 4.69) is 17.4 Å². The molecule has 2 amide bonds. The molecule has 1 atom stereocenters. The van der Waals surface area contributed by atoms with Crippen molar-refractivity contribution in [2.75, 3.05) is 11.9 Å². The van der Waals surface area contributed by atoms with Gasteiger partial charge in [-0.15, -0.1) is 0 Å². The third-order valence-electron chi connectivity index (χ3n) is 5.42. The Kier molecular flexibility index (Phi) is 6.15. The maximum Gasteiger partial charge on any atom is 0.229 e. The van der Waals surface area contributed by atoms with Crippen molar-refractivity contribution in [3.8, 4) is 0 Å². The van der Waals surface area contributed by atoms with E-state index in [4.69, 9.17) is 11.6 Å². The summed E-state index contributed by atoms with van der Waals surface area (Å²) in [6, 6.07) is 25.4. The van der Waals surface area contributed by atoms with Crippen molar-refractivity contribution in [3.63, 3.8) is 0 Å². The summed E-state index contributed by atoms with van der Waals surface area (Å²) in [7, 11) is 0. The predicted octanol–water partition coefficient (Wildman–Crippen LogP) is 4.92. The van der Waals surface area contributed by atoms with Crippen molar-refractivity contribution < 1.29 is 9.59 Å². The zero-order valence-electron chi connectivity index (χ0n) is 16.6. The fourth-order valence-corrected chi connectivity index (χ4v) is 3.98. The van der Waals surface area contributed by atoms with E-state index >= 15 is 0 Å². The Morgan fingerprint density at radius 2 is 1.60 bits per heavy atom. The quantitative estimate of drug-likeness (QED) is 0.617. The standard InChI is InChI=1S/C25H23ClN2O2/c26-22-12-6-4-11-20(22)16-28-17-21(15-24(28)29)25(30)27-23-13-7-5-10-19(23)14-18-8-2-1-3-9-18/h1-13,21H,14-17H2,(H,27,30)/t21-/m1/s1. The zero-order valence-corrected chi connectivity index (χ0v) is 17.3. The van der Waals surface area contributed by atoms with Crippen molar-refractivity contribution in [3.05, 3.63) is 101 Å². The molecule has 30 heavy (non-hydrogen) atoms. The lowest BCUT2D eigenvalue weighted by molar-refractivity contribution is -0.128. The number of hydrogen-bond acceptors (Lipinski definition) is 2. The molecule has 3 aromatic rings. The lowest BCUT2D eigenvalue weighted by Crippen LogP contribution is -2.28. The van der Waals surface area contributed by atoms with Gasteiger partial charge < -0.3 is 10.2 Å². The first-order chi connectivity index (χ1) is 14.6. The van der Waals surface area contributed by atoms with Crippen LogP contribution in [0.2, 0.25) is 5.02 Å². The van der Waals surface area contributed by atoms with Crippen LogP contribution in [0.1, 0.15) is 23.1 Å². The number of amides is 2. The molecule has 152 valence electrons. The molecule has 0 spiro atoms. The molecular weight excluding hydrogens is 396 g/mol. The summed E-state index contributed by atoms with van der Waals surface area (Å²) in [6.07, 6.45) is 0.955. The van der Waals surface area contributed by atoms with Crippen LogP contribution in [0.3, 0.4) is 0 Å². The fourth-order valence-electron chi connectivity index (χ4n) is 3.78. The van der Waals surface area contributed by atoms with Gasteiger partial charge in [-0.3, -0.25) is 9.59 Å². The van der Waals surface area contributed by atoms with Crippen LogP contribution in [0.4, 0.5) is 5.69 Å². The predicted molar refractivity (Wildman–Crippen MR) is 119 cm³/mol. The Morgan fingerprint density at radius 1 is 0.933 bits per heavy atom. The molecule has 4 rings (SSSR count). The topological polar surface area (TPSA) is 49.4 Å². The Morgan fingerprint density at radius 3 is 2.37 bits per heavy atom. The second-order valence-electron chi connectivity index (χ2n) is 7.58. The van der Waals surface area contributed by atoms with Gasteiger partial charge in [-0.25, -0.2) is 0 Å². The molecule has 0 unspecified atom stereocenters. The van der Waals surface area contributed by atoms with Gasteiger partial charge in [-0.2, -0.15) is 0 Å². The van der Waals surface area contributed by atoms with Gasteiger partial charge in [0.05, 0.1) is 5.92 Å². The normalized spacial score (nSPS) is 16.0. The van der Waals surface area contributed by atoms with Crippen LogP contribution in [0.5, 0.6) is 0 Å². The second kappa shape index (κ2) is 9.14. The third kappa shape index (κ3) is 4.71. The minimum absolute atomic E-state index is 0.0207. The van der Waals surface area contributed by atoms with E-state index in [0.29, 0.717) is 18.1 Å². The Bertz CT molecular complexity index is 1050. The second-order valence-corrected chi connectivity index (χ2v) is 7.98. The molecule has 1 heterocycles. The largest absolute Gasteiger partial charge is 0.337 e. The van der Waals surface area contributed by atoms with Crippen LogP contribution in [-0.4, -0.2) is 23.3 Å². The van der Waals surface area contributed by atoms with Gasteiger partial charge in [-0.05, 0) is 35.2 Å². The van der Waals surface area contributed by atoms with Crippen LogP contribution >= 0.6 is 11.6 Å². The van der Waals surface area contributed by atoms with Crippen molar-refractivity contribution in [1.82, 2.24) is 4.90 Å². The van der Waals surface area contributed by atoms with Crippen LogP contribution in [0.25, 0.3) is 0 Å². The summed E-state index contributed by atoms with van der Waals surface area (Å²) >= 11 is 6.22. The molecule has 1 aliphatic rings. The van der Waals surface area contributed by atoms with Gasteiger partial charge in [0.2, 0.25) is 11.8 Å². The monoisotopic (exact) mass is 418 g/mol. The number of halogens is 1. The van der Waals surface area contributed by atoms with E-state index in [1.807, 2.05) is 66.7 Å². The summed E-state index contributed by atoms with van der Waals surface area (Å²) in [4.78, 5) is 27.1. The molecule has 0 saturated carbocycles. The number of anilines is 1. The van der Waals surface area contributed by atoms with Gasteiger partial charge in [0.1, 0.15) is 0 Å². The van der Waals surface area contributed by atoms with Crippen molar-refractivity contribution in [2.24, 2.45) is 5.92 Å². The molecule has 5 heteroatoms. The SMILES string of the molecule is O=C(Nc1ccccc1Cc1ccccc1)[C@@H]1CC(=O)N(Cc2ccccc2Cl)C1. The van der Waals surface area contributed by atoms with Gasteiger partial charge in [0, 0.05) is 30.2 Å². The molecule has 1 saturated heterocycles. The van der Waals surface area contributed by atoms with Crippen LogP contribution in [-0.2, 0) is 22.6 Å². The number of likely N-dealkylation sites (tertiary alicyclic amines) is 1. The first-order valence-electron chi connectivity index (χ1n) is 10.0. The average molecular weight is 419 g/mol. The molecule has 4 nitrogen and oxygen atoms in total.